The first-order valence-electron chi connectivity index (χ1n) is 6.16. The highest BCUT2D eigenvalue weighted by molar-refractivity contribution is 5.33. The molecule has 1 nitrogen and oxygen atoms in total. The molecular formula is C14H24O. The average molecular weight is 208 g/mol. The summed E-state index contributed by atoms with van der Waals surface area (Å²) >= 11 is 0. The molecule has 0 N–H and O–H groups in total. The molecule has 0 atom stereocenters. The fraction of sp³-hybridized carbons (Fsp3) is 0.571. The first kappa shape index (κ1) is 14.0. The van der Waals surface area contributed by atoms with Gasteiger partial charge in [0.15, 0.2) is 0 Å². The molecule has 86 valence electrons. The Morgan fingerprint density at radius 1 is 1.13 bits per heavy atom. The number of rotatable bonds is 0. The Hall–Kier alpha value is -0.980. The molecule has 0 spiro atoms. The maximum atomic E-state index is 5.50. The second-order valence-corrected chi connectivity index (χ2v) is 2.88. The molecule has 1 saturated heterocycles. The summed E-state index contributed by atoms with van der Waals surface area (Å²) in [5.41, 5.74) is 1.39. The van der Waals surface area contributed by atoms with Crippen molar-refractivity contribution in [3.05, 3.63) is 35.6 Å². The first-order chi connectivity index (χ1) is 7.47. The monoisotopic (exact) mass is 208 g/mol. The van der Waals surface area contributed by atoms with E-state index >= 15 is 0 Å². The van der Waals surface area contributed by atoms with Crippen LogP contribution in [-0.2, 0) is 4.74 Å². The standard InChI is InChI=1S/C10H12O.2C2H6/c1-2-5-9-6-4-8-11-10(9)7-3-1;2*1-2/h1,3,5,7H,2,4,6,8H2;2*1-2H3. The molecule has 0 bridgehead atoms. The van der Waals surface area contributed by atoms with Crippen LogP contribution in [0.2, 0.25) is 0 Å². The van der Waals surface area contributed by atoms with Crippen LogP contribution < -0.4 is 0 Å². The molecule has 0 amide bonds. The first-order valence-corrected chi connectivity index (χ1v) is 6.16. The van der Waals surface area contributed by atoms with Crippen LogP contribution in [0.5, 0.6) is 0 Å². The van der Waals surface area contributed by atoms with Crippen molar-refractivity contribution in [1.82, 2.24) is 0 Å². The molecule has 15 heavy (non-hydrogen) atoms. The zero-order chi connectivity index (χ0) is 11.5. The molecule has 1 aliphatic heterocycles. The maximum absolute atomic E-state index is 5.50. The maximum Gasteiger partial charge on any atom is 0.122 e. The van der Waals surface area contributed by atoms with E-state index in [9.17, 15) is 0 Å². The molecule has 2 aliphatic rings. The van der Waals surface area contributed by atoms with E-state index in [2.05, 4.69) is 24.3 Å². The number of fused-ring (bicyclic) bond motifs is 1. The Balaban J connectivity index is 0.000000442. The summed E-state index contributed by atoms with van der Waals surface area (Å²) in [7, 11) is 0. The average Bonchev–Trinajstić information content (AvgIpc) is 2.59. The van der Waals surface area contributed by atoms with Gasteiger partial charge in [-0.1, -0.05) is 45.9 Å². The van der Waals surface area contributed by atoms with Crippen LogP contribution >= 0.6 is 0 Å². The van der Waals surface area contributed by atoms with Gasteiger partial charge >= 0.3 is 0 Å². The lowest BCUT2D eigenvalue weighted by atomic mass is 10.1. The SMILES string of the molecule is C1=CCC=C2CCCOC2=C1.CC.CC. The van der Waals surface area contributed by atoms with Crippen molar-refractivity contribution >= 4 is 0 Å². The third-order valence-corrected chi connectivity index (χ3v) is 2.05. The van der Waals surface area contributed by atoms with Gasteiger partial charge in [-0.25, -0.2) is 0 Å². The van der Waals surface area contributed by atoms with E-state index in [1.165, 1.54) is 18.4 Å². The molecule has 1 fully saturated rings. The second-order valence-electron chi connectivity index (χ2n) is 2.88. The number of allylic oxidation sites excluding steroid dienone is 5. The smallest absolute Gasteiger partial charge is 0.122 e. The number of hydrogen-bond acceptors (Lipinski definition) is 1. The molecule has 1 heteroatoms. The molecule has 1 heterocycles. The normalized spacial score (nSPS) is 17.3. The van der Waals surface area contributed by atoms with E-state index in [0.29, 0.717) is 0 Å². The van der Waals surface area contributed by atoms with Crippen LogP contribution in [0.1, 0.15) is 47.0 Å². The highest BCUT2D eigenvalue weighted by Crippen LogP contribution is 2.25. The lowest BCUT2D eigenvalue weighted by Crippen LogP contribution is -2.05. The minimum Gasteiger partial charge on any atom is -0.493 e. The molecule has 0 radical (unpaired) electrons. The molecule has 0 aromatic heterocycles. The lowest BCUT2D eigenvalue weighted by molar-refractivity contribution is 0.194. The highest BCUT2D eigenvalue weighted by Gasteiger charge is 2.11. The van der Waals surface area contributed by atoms with Gasteiger partial charge in [-0.15, -0.1) is 0 Å². The van der Waals surface area contributed by atoms with Gasteiger partial charge in [0.05, 0.1) is 6.61 Å². The molecule has 0 unspecified atom stereocenters. The van der Waals surface area contributed by atoms with Crippen LogP contribution in [0.25, 0.3) is 0 Å². The molecule has 0 aromatic rings. The Morgan fingerprint density at radius 2 is 1.87 bits per heavy atom. The van der Waals surface area contributed by atoms with Gasteiger partial charge in [-0.3, -0.25) is 0 Å². The van der Waals surface area contributed by atoms with Gasteiger partial charge in [0, 0.05) is 0 Å². The summed E-state index contributed by atoms with van der Waals surface area (Å²) in [6.45, 7) is 8.89. The molecule has 0 saturated carbocycles. The Morgan fingerprint density at radius 3 is 2.60 bits per heavy atom. The predicted molar refractivity (Wildman–Crippen MR) is 67.8 cm³/mol. The number of ether oxygens (including phenoxy) is 1. The summed E-state index contributed by atoms with van der Waals surface area (Å²) in [6.07, 6.45) is 12.0. The van der Waals surface area contributed by atoms with E-state index in [1.807, 2.05) is 27.7 Å². The molecule has 1 aliphatic carbocycles. The van der Waals surface area contributed by atoms with Crippen LogP contribution in [0.15, 0.2) is 35.6 Å². The van der Waals surface area contributed by atoms with Crippen LogP contribution in [-0.4, -0.2) is 6.61 Å². The van der Waals surface area contributed by atoms with E-state index in [-0.39, 0.29) is 0 Å². The van der Waals surface area contributed by atoms with Crippen molar-refractivity contribution in [3.8, 4) is 0 Å². The van der Waals surface area contributed by atoms with Crippen molar-refractivity contribution in [2.24, 2.45) is 0 Å². The van der Waals surface area contributed by atoms with Gasteiger partial charge in [-0.05, 0) is 30.9 Å². The van der Waals surface area contributed by atoms with E-state index < -0.39 is 0 Å². The summed E-state index contributed by atoms with van der Waals surface area (Å²) < 4.78 is 5.50. The number of hydrogen-bond donors (Lipinski definition) is 0. The summed E-state index contributed by atoms with van der Waals surface area (Å²) in [5.74, 6) is 1.09. The third-order valence-electron chi connectivity index (χ3n) is 2.05. The van der Waals surface area contributed by atoms with Crippen molar-refractivity contribution in [1.29, 1.82) is 0 Å². The molecule has 0 aromatic carbocycles. The van der Waals surface area contributed by atoms with Crippen molar-refractivity contribution < 1.29 is 4.74 Å². The summed E-state index contributed by atoms with van der Waals surface area (Å²) in [4.78, 5) is 0. The third kappa shape index (κ3) is 4.87. The summed E-state index contributed by atoms with van der Waals surface area (Å²) in [5, 5.41) is 0. The van der Waals surface area contributed by atoms with Crippen LogP contribution in [0.3, 0.4) is 0 Å². The minimum absolute atomic E-state index is 0.886. The predicted octanol–water partition coefficient (Wildman–Crippen LogP) is 4.62. The van der Waals surface area contributed by atoms with E-state index in [0.717, 1.165) is 18.8 Å². The Kier molecular flexibility index (Phi) is 8.95. The van der Waals surface area contributed by atoms with Gasteiger partial charge in [0.1, 0.15) is 5.76 Å². The zero-order valence-electron chi connectivity index (χ0n) is 10.5. The topological polar surface area (TPSA) is 9.23 Å². The lowest BCUT2D eigenvalue weighted by Gasteiger charge is -2.18. The fourth-order valence-corrected chi connectivity index (χ4v) is 1.46. The summed E-state index contributed by atoms with van der Waals surface area (Å²) in [6, 6.07) is 0. The molecular weight excluding hydrogens is 184 g/mol. The van der Waals surface area contributed by atoms with E-state index in [4.69, 9.17) is 4.74 Å². The Labute approximate surface area is 94.5 Å². The largest absolute Gasteiger partial charge is 0.493 e. The van der Waals surface area contributed by atoms with E-state index in [1.54, 1.807) is 0 Å². The highest BCUT2D eigenvalue weighted by atomic mass is 16.5. The second kappa shape index (κ2) is 9.57. The van der Waals surface area contributed by atoms with Gasteiger partial charge in [0.25, 0.3) is 0 Å². The van der Waals surface area contributed by atoms with Crippen molar-refractivity contribution in [2.75, 3.05) is 6.61 Å². The van der Waals surface area contributed by atoms with Crippen molar-refractivity contribution in [3.63, 3.8) is 0 Å². The quantitative estimate of drug-likeness (QED) is 0.564. The van der Waals surface area contributed by atoms with Crippen molar-refractivity contribution in [2.45, 2.75) is 47.0 Å². The minimum atomic E-state index is 0.886. The van der Waals surface area contributed by atoms with Gasteiger partial charge < -0.3 is 4.74 Å². The molecule has 2 rings (SSSR count). The Bertz CT molecular complexity index is 234. The zero-order valence-corrected chi connectivity index (χ0v) is 10.5. The van der Waals surface area contributed by atoms with Gasteiger partial charge in [-0.2, -0.15) is 0 Å². The van der Waals surface area contributed by atoms with Gasteiger partial charge in [0.2, 0.25) is 0 Å². The van der Waals surface area contributed by atoms with Crippen LogP contribution in [0, 0.1) is 0 Å². The van der Waals surface area contributed by atoms with Crippen LogP contribution in [0.4, 0.5) is 0 Å². The fourth-order valence-electron chi connectivity index (χ4n) is 1.46.